The van der Waals surface area contributed by atoms with Gasteiger partial charge in [-0.05, 0) is 30.2 Å². The van der Waals surface area contributed by atoms with Crippen LogP contribution in [0.5, 0.6) is 0 Å². The van der Waals surface area contributed by atoms with Crippen molar-refractivity contribution in [2.24, 2.45) is 11.8 Å². The topological polar surface area (TPSA) is 61.4 Å². The van der Waals surface area contributed by atoms with Gasteiger partial charge in [0.2, 0.25) is 0 Å². The Bertz CT molecular complexity index is 445. The van der Waals surface area contributed by atoms with Crippen LogP contribution in [0.4, 0.5) is 4.79 Å². The van der Waals surface area contributed by atoms with E-state index in [1.165, 1.54) is 4.88 Å². The van der Waals surface area contributed by atoms with Gasteiger partial charge in [0.1, 0.15) is 0 Å². The molecule has 1 aromatic rings. The van der Waals surface area contributed by atoms with Crippen LogP contribution < -0.4 is 10.6 Å². The molecule has 4 nitrogen and oxygen atoms in total. The molecule has 2 rings (SSSR count). The molecule has 3 N–H and O–H groups in total. The number of rotatable bonds is 6. The zero-order valence-electron chi connectivity index (χ0n) is 11.7. The van der Waals surface area contributed by atoms with Gasteiger partial charge < -0.3 is 15.7 Å². The molecule has 1 aliphatic carbocycles. The lowest BCUT2D eigenvalue weighted by atomic mass is 10.1. The Morgan fingerprint density at radius 3 is 3.05 bits per heavy atom. The molecule has 0 bridgehead atoms. The highest BCUT2D eigenvalue weighted by Gasteiger charge is 2.19. The predicted molar refractivity (Wildman–Crippen MR) is 81.8 cm³/mol. The smallest absolute Gasteiger partial charge is 0.315 e. The van der Waals surface area contributed by atoms with Crippen LogP contribution in [0.2, 0.25) is 0 Å². The number of carbonyl (C=O) groups excluding carboxylic acids is 1. The summed E-state index contributed by atoms with van der Waals surface area (Å²) in [5.74, 6) is 0.599. The number of aliphatic hydroxyl groups is 1. The van der Waals surface area contributed by atoms with Gasteiger partial charge in [-0.3, -0.25) is 0 Å². The van der Waals surface area contributed by atoms with E-state index in [0.717, 1.165) is 12.8 Å². The third-order valence-corrected chi connectivity index (χ3v) is 4.36. The largest absolute Gasteiger partial charge is 0.396 e. The quantitative estimate of drug-likeness (QED) is 0.704. The molecule has 0 spiro atoms. The van der Waals surface area contributed by atoms with Gasteiger partial charge in [-0.25, -0.2) is 4.79 Å². The first-order valence-corrected chi connectivity index (χ1v) is 7.91. The predicted octanol–water partition coefficient (Wildman–Crippen LogP) is 2.16. The average Bonchev–Trinajstić information content (AvgIpc) is 3.08. The minimum atomic E-state index is -0.128. The minimum Gasteiger partial charge on any atom is -0.396 e. The summed E-state index contributed by atoms with van der Waals surface area (Å²) >= 11 is 1.75. The lowest BCUT2D eigenvalue weighted by Crippen LogP contribution is -2.42. The van der Waals surface area contributed by atoms with Gasteiger partial charge in [0.25, 0.3) is 0 Å². The van der Waals surface area contributed by atoms with Gasteiger partial charge in [0, 0.05) is 30.0 Å². The molecule has 0 aromatic carbocycles. The van der Waals surface area contributed by atoms with E-state index >= 15 is 0 Å². The molecule has 0 saturated carbocycles. The van der Waals surface area contributed by atoms with Gasteiger partial charge in [0.05, 0.1) is 0 Å². The summed E-state index contributed by atoms with van der Waals surface area (Å²) in [5.41, 5.74) is 0. The highest BCUT2D eigenvalue weighted by atomic mass is 32.1. The Kier molecular flexibility index (Phi) is 5.61. The van der Waals surface area contributed by atoms with Gasteiger partial charge >= 0.3 is 6.03 Å². The zero-order valence-corrected chi connectivity index (χ0v) is 12.5. The Morgan fingerprint density at radius 2 is 2.40 bits per heavy atom. The van der Waals surface area contributed by atoms with Gasteiger partial charge in [0.15, 0.2) is 0 Å². The Balaban J connectivity index is 1.64. The van der Waals surface area contributed by atoms with Gasteiger partial charge in [-0.15, -0.1) is 11.3 Å². The number of aliphatic hydroxyl groups excluding tert-OH is 1. The van der Waals surface area contributed by atoms with E-state index in [-0.39, 0.29) is 24.6 Å². The van der Waals surface area contributed by atoms with Crippen molar-refractivity contribution in [3.05, 3.63) is 34.5 Å². The van der Waals surface area contributed by atoms with Crippen LogP contribution in [0.15, 0.2) is 29.7 Å². The van der Waals surface area contributed by atoms with Crippen LogP contribution in [0.1, 0.15) is 18.2 Å². The zero-order chi connectivity index (χ0) is 14.4. The normalized spacial score (nSPS) is 22.7. The summed E-state index contributed by atoms with van der Waals surface area (Å²) in [7, 11) is 0. The van der Waals surface area contributed by atoms with E-state index in [1.807, 2.05) is 12.2 Å². The molecule has 3 atom stereocenters. The van der Waals surface area contributed by atoms with Gasteiger partial charge in [-0.1, -0.05) is 25.1 Å². The molecule has 110 valence electrons. The maximum Gasteiger partial charge on any atom is 0.315 e. The Labute approximate surface area is 123 Å². The summed E-state index contributed by atoms with van der Waals surface area (Å²) in [5, 5.41) is 16.9. The fraction of sp³-hybridized carbons (Fsp3) is 0.533. The van der Waals surface area contributed by atoms with Crippen molar-refractivity contribution < 1.29 is 9.90 Å². The Morgan fingerprint density at radius 1 is 1.55 bits per heavy atom. The van der Waals surface area contributed by atoms with Crippen molar-refractivity contribution in [3.8, 4) is 0 Å². The molecule has 5 heteroatoms. The molecule has 1 aliphatic rings. The van der Waals surface area contributed by atoms with E-state index in [9.17, 15) is 4.79 Å². The molecule has 0 aliphatic heterocycles. The summed E-state index contributed by atoms with van der Waals surface area (Å²) in [6.45, 7) is 2.95. The summed E-state index contributed by atoms with van der Waals surface area (Å²) < 4.78 is 0. The lowest BCUT2D eigenvalue weighted by molar-refractivity contribution is 0.230. The standard InChI is InChI=1S/C15H22N2O2S/c1-11(7-14-3-2-6-20-14)9-16-15(19)17-13-5-4-12(8-13)10-18/h2-6,11-13,18H,7-10H2,1H3,(H2,16,17,19)/t11-,12-,13+/m0/s1. The maximum absolute atomic E-state index is 11.8. The van der Waals surface area contributed by atoms with Crippen LogP contribution >= 0.6 is 11.3 Å². The fourth-order valence-electron chi connectivity index (χ4n) is 2.35. The maximum atomic E-state index is 11.8. The second kappa shape index (κ2) is 7.45. The van der Waals surface area contributed by atoms with Crippen molar-refractivity contribution in [2.45, 2.75) is 25.8 Å². The SMILES string of the molecule is C[C@H](CNC(=O)N[C@@H]1C=C[C@H](CO)C1)Cc1cccs1. The van der Waals surface area contributed by atoms with Crippen molar-refractivity contribution in [3.63, 3.8) is 0 Å². The van der Waals surface area contributed by atoms with E-state index < -0.39 is 0 Å². The molecule has 20 heavy (non-hydrogen) atoms. The third kappa shape index (κ3) is 4.65. The van der Waals surface area contributed by atoms with Gasteiger partial charge in [-0.2, -0.15) is 0 Å². The first-order chi connectivity index (χ1) is 9.67. The molecule has 0 unspecified atom stereocenters. The minimum absolute atomic E-state index is 0.0414. The molecule has 0 fully saturated rings. The van der Waals surface area contributed by atoms with Crippen LogP contribution in [0.3, 0.4) is 0 Å². The van der Waals surface area contributed by atoms with Crippen molar-refractivity contribution in [1.82, 2.24) is 10.6 Å². The molecule has 0 saturated heterocycles. The van der Waals surface area contributed by atoms with E-state index in [4.69, 9.17) is 5.11 Å². The number of carbonyl (C=O) groups is 1. The molecule has 1 heterocycles. The number of thiophene rings is 1. The molecular weight excluding hydrogens is 272 g/mol. The van der Waals surface area contributed by atoms with Crippen molar-refractivity contribution in [2.75, 3.05) is 13.2 Å². The monoisotopic (exact) mass is 294 g/mol. The molecule has 0 radical (unpaired) electrons. The Hall–Kier alpha value is -1.33. The molecule has 2 amide bonds. The molecular formula is C15H22N2O2S. The number of nitrogens with one attached hydrogen (secondary N) is 2. The van der Waals surface area contributed by atoms with Crippen molar-refractivity contribution >= 4 is 17.4 Å². The first-order valence-electron chi connectivity index (χ1n) is 7.03. The summed E-state index contributed by atoms with van der Waals surface area (Å²) in [4.78, 5) is 13.1. The molecule has 1 aromatic heterocycles. The van der Waals surface area contributed by atoms with Crippen molar-refractivity contribution in [1.29, 1.82) is 0 Å². The van der Waals surface area contributed by atoms with Crippen LogP contribution in [0, 0.1) is 11.8 Å². The summed E-state index contributed by atoms with van der Waals surface area (Å²) in [6.07, 6.45) is 5.70. The highest BCUT2D eigenvalue weighted by molar-refractivity contribution is 7.09. The number of hydrogen-bond donors (Lipinski definition) is 3. The van der Waals surface area contributed by atoms with E-state index in [0.29, 0.717) is 12.5 Å². The van der Waals surface area contributed by atoms with Crippen LogP contribution in [-0.2, 0) is 6.42 Å². The first kappa shape index (κ1) is 15.1. The third-order valence-electron chi connectivity index (χ3n) is 3.46. The highest BCUT2D eigenvalue weighted by Crippen LogP contribution is 2.17. The number of urea groups is 1. The van der Waals surface area contributed by atoms with Crippen LogP contribution in [0.25, 0.3) is 0 Å². The number of amides is 2. The second-order valence-electron chi connectivity index (χ2n) is 5.41. The van der Waals surface area contributed by atoms with E-state index in [1.54, 1.807) is 11.3 Å². The van der Waals surface area contributed by atoms with Crippen LogP contribution in [-0.4, -0.2) is 30.3 Å². The van der Waals surface area contributed by atoms with E-state index in [2.05, 4.69) is 35.1 Å². The average molecular weight is 294 g/mol. The summed E-state index contributed by atoms with van der Waals surface area (Å²) in [6, 6.07) is 4.09. The lowest BCUT2D eigenvalue weighted by Gasteiger charge is -2.16. The fourth-order valence-corrected chi connectivity index (χ4v) is 3.22. The number of hydrogen-bond acceptors (Lipinski definition) is 3. The second-order valence-corrected chi connectivity index (χ2v) is 6.45.